The summed E-state index contributed by atoms with van der Waals surface area (Å²) in [6.07, 6.45) is 1.67. The van der Waals surface area contributed by atoms with Crippen LogP contribution in [0.15, 0.2) is 48.7 Å². The summed E-state index contributed by atoms with van der Waals surface area (Å²) in [5.41, 5.74) is -0.769. The van der Waals surface area contributed by atoms with Gasteiger partial charge in [0.1, 0.15) is 17.2 Å². The molecule has 10 heteroatoms. The van der Waals surface area contributed by atoms with Crippen LogP contribution >= 0.6 is 0 Å². The van der Waals surface area contributed by atoms with Crippen molar-refractivity contribution in [3.8, 4) is 0 Å². The second-order valence-corrected chi connectivity index (χ2v) is 9.70. The first-order valence-corrected chi connectivity index (χ1v) is 11.6. The third-order valence-electron chi connectivity index (χ3n) is 6.24. The summed E-state index contributed by atoms with van der Waals surface area (Å²) >= 11 is 0. The zero-order chi connectivity index (χ0) is 22.2. The van der Waals surface area contributed by atoms with Crippen LogP contribution in [0.3, 0.4) is 0 Å². The summed E-state index contributed by atoms with van der Waals surface area (Å²) in [4.78, 5) is 18.1. The van der Waals surface area contributed by atoms with Gasteiger partial charge in [-0.15, -0.1) is 0 Å². The lowest BCUT2D eigenvalue weighted by atomic mass is 10.1. The van der Waals surface area contributed by atoms with E-state index in [1.807, 2.05) is 35.2 Å². The predicted molar refractivity (Wildman–Crippen MR) is 113 cm³/mol. The summed E-state index contributed by atoms with van der Waals surface area (Å²) in [5, 5.41) is 9.94. The number of halogens is 1. The first-order chi connectivity index (χ1) is 14.8. The Hall–Kier alpha value is -2.56. The normalized spacial score (nSPS) is 27.0. The maximum atomic E-state index is 13.2. The van der Waals surface area contributed by atoms with Crippen molar-refractivity contribution in [3.05, 3.63) is 60.0 Å². The van der Waals surface area contributed by atoms with Gasteiger partial charge in [0.05, 0.1) is 6.20 Å². The van der Waals surface area contributed by atoms with Crippen molar-refractivity contribution in [1.29, 1.82) is 0 Å². The van der Waals surface area contributed by atoms with Gasteiger partial charge in [-0.05, 0) is 30.0 Å². The smallest absolute Gasteiger partial charge is 0.325 e. The van der Waals surface area contributed by atoms with Gasteiger partial charge >= 0.3 is 5.97 Å². The van der Waals surface area contributed by atoms with Crippen LogP contribution in [0, 0.1) is 11.7 Å². The number of anilines is 1. The SMILES string of the molecule is C[C@@H]1[C@H](c2ccccc2)[C@]1(NS(=O)(=O)N1CCCN(c2ccc(F)cn2)CC1)C(=O)O. The van der Waals surface area contributed by atoms with Crippen LogP contribution in [0.4, 0.5) is 10.2 Å². The first kappa shape index (κ1) is 21.7. The first-order valence-electron chi connectivity index (χ1n) is 10.2. The molecule has 2 aromatic rings. The summed E-state index contributed by atoms with van der Waals surface area (Å²) in [7, 11) is -4.04. The summed E-state index contributed by atoms with van der Waals surface area (Å²) in [6, 6.07) is 12.0. The number of aliphatic carboxylic acids is 1. The molecule has 0 unspecified atom stereocenters. The van der Waals surface area contributed by atoms with E-state index in [4.69, 9.17) is 0 Å². The molecule has 2 aliphatic rings. The van der Waals surface area contributed by atoms with Crippen LogP contribution in [-0.4, -0.2) is 60.5 Å². The average molecular weight is 449 g/mol. The van der Waals surface area contributed by atoms with Crippen molar-refractivity contribution >= 4 is 22.0 Å². The molecule has 31 heavy (non-hydrogen) atoms. The van der Waals surface area contributed by atoms with Crippen molar-refractivity contribution in [2.75, 3.05) is 31.1 Å². The number of nitrogens with zero attached hydrogens (tertiary/aromatic N) is 3. The van der Waals surface area contributed by atoms with Gasteiger partial charge in [0.2, 0.25) is 0 Å². The number of carbonyl (C=O) groups is 1. The highest BCUT2D eigenvalue weighted by Gasteiger charge is 2.70. The highest BCUT2D eigenvalue weighted by atomic mass is 32.2. The summed E-state index contributed by atoms with van der Waals surface area (Å²) < 4.78 is 43.3. The summed E-state index contributed by atoms with van der Waals surface area (Å²) in [6.45, 7) is 3.12. The fraction of sp³-hybridized carbons (Fsp3) is 0.429. The Labute approximate surface area is 180 Å². The molecule has 1 aliphatic heterocycles. The van der Waals surface area contributed by atoms with Gasteiger partial charge in [-0.25, -0.2) is 9.37 Å². The lowest BCUT2D eigenvalue weighted by molar-refractivity contribution is -0.140. The van der Waals surface area contributed by atoms with Crippen LogP contribution in [0.25, 0.3) is 0 Å². The molecule has 1 saturated heterocycles. The number of carboxylic acid groups (broad SMARTS) is 1. The van der Waals surface area contributed by atoms with Gasteiger partial charge in [-0.2, -0.15) is 17.4 Å². The van der Waals surface area contributed by atoms with Crippen LogP contribution in [0.5, 0.6) is 0 Å². The maximum Gasteiger partial charge on any atom is 0.325 e. The Morgan fingerprint density at radius 2 is 1.90 bits per heavy atom. The van der Waals surface area contributed by atoms with E-state index in [9.17, 15) is 22.7 Å². The van der Waals surface area contributed by atoms with Crippen LogP contribution < -0.4 is 9.62 Å². The van der Waals surface area contributed by atoms with Crippen LogP contribution in [0.1, 0.15) is 24.8 Å². The Kier molecular flexibility index (Phi) is 5.71. The number of pyridine rings is 1. The molecule has 2 fully saturated rings. The molecule has 0 amide bonds. The van der Waals surface area contributed by atoms with E-state index in [1.165, 1.54) is 10.4 Å². The van der Waals surface area contributed by atoms with Crippen LogP contribution in [-0.2, 0) is 15.0 Å². The number of rotatable bonds is 6. The molecule has 8 nitrogen and oxygen atoms in total. The number of aromatic nitrogens is 1. The molecule has 0 radical (unpaired) electrons. The maximum absolute atomic E-state index is 13.2. The largest absolute Gasteiger partial charge is 0.480 e. The van der Waals surface area contributed by atoms with Crippen molar-refractivity contribution in [3.63, 3.8) is 0 Å². The molecular weight excluding hydrogens is 423 g/mol. The molecule has 4 rings (SSSR count). The monoisotopic (exact) mass is 448 g/mol. The molecule has 2 N–H and O–H groups in total. The molecule has 1 saturated carbocycles. The molecule has 2 heterocycles. The molecule has 0 bridgehead atoms. The van der Waals surface area contributed by atoms with Crippen molar-refractivity contribution in [2.24, 2.45) is 5.92 Å². The topological polar surface area (TPSA) is 103 Å². The summed E-state index contributed by atoms with van der Waals surface area (Å²) in [5.74, 6) is -1.85. The number of hydrogen-bond donors (Lipinski definition) is 2. The van der Waals surface area contributed by atoms with Gasteiger partial charge in [-0.1, -0.05) is 37.3 Å². The minimum Gasteiger partial charge on any atom is -0.480 e. The van der Waals surface area contributed by atoms with Crippen molar-refractivity contribution in [2.45, 2.75) is 24.8 Å². The fourth-order valence-corrected chi connectivity index (χ4v) is 6.14. The predicted octanol–water partition coefficient (Wildman–Crippen LogP) is 1.82. The molecule has 3 atom stereocenters. The fourth-order valence-electron chi connectivity index (χ4n) is 4.50. The number of nitrogens with one attached hydrogen (secondary N) is 1. The molecule has 1 aromatic heterocycles. The Bertz CT molecular complexity index is 1050. The number of hydrogen-bond acceptors (Lipinski definition) is 5. The van der Waals surface area contributed by atoms with Gasteiger partial charge in [0, 0.05) is 32.1 Å². The van der Waals surface area contributed by atoms with Gasteiger partial charge in [-0.3, -0.25) is 4.79 Å². The van der Waals surface area contributed by atoms with E-state index in [2.05, 4.69) is 9.71 Å². The van der Waals surface area contributed by atoms with E-state index in [0.29, 0.717) is 25.3 Å². The second kappa shape index (κ2) is 8.18. The third-order valence-corrected chi connectivity index (χ3v) is 7.88. The van der Waals surface area contributed by atoms with Gasteiger partial charge < -0.3 is 10.0 Å². The average Bonchev–Trinajstić information content (AvgIpc) is 3.41. The van der Waals surface area contributed by atoms with Crippen molar-refractivity contribution in [1.82, 2.24) is 14.0 Å². The van der Waals surface area contributed by atoms with Crippen molar-refractivity contribution < 1.29 is 22.7 Å². The number of benzene rings is 1. The van der Waals surface area contributed by atoms with Crippen LogP contribution in [0.2, 0.25) is 0 Å². The lowest BCUT2D eigenvalue weighted by Crippen LogP contribution is -2.52. The van der Waals surface area contributed by atoms with E-state index < -0.39 is 33.5 Å². The molecule has 1 aromatic carbocycles. The van der Waals surface area contributed by atoms with Gasteiger partial charge in [0.25, 0.3) is 10.2 Å². The molecule has 166 valence electrons. The third kappa shape index (κ3) is 4.02. The van der Waals surface area contributed by atoms with E-state index >= 15 is 0 Å². The van der Waals surface area contributed by atoms with E-state index in [0.717, 1.165) is 11.8 Å². The minimum atomic E-state index is -4.04. The standard InChI is InChI=1S/C21H25FN4O4S/c1-15-19(16-6-3-2-4-7-16)21(15,20(27)28)24-31(29,30)26-11-5-10-25(12-13-26)18-9-8-17(22)14-23-18/h2-4,6-9,14-15,19,24H,5,10-13H2,1H3,(H,27,28)/t15-,19-,21+/m1/s1. The Morgan fingerprint density at radius 3 is 2.55 bits per heavy atom. The lowest BCUT2D eigenvalue weighted by Gasteiger charge is -2.25. The quantitative estimate of drug-likeness (QED) is 0.699. The van der Waals surface area contributed by atoms with Gasteiger partial charge in [0.15, 0.2) is 0 Å². The highest BCUT2D eigenvalue weighted by molar-refractivity contribution is 7.87. The number of carboxylic acids is 1. The highest BCUT2D eigenvalue weighted by Crippen LogP contribution is 2.57. The molecule has 0 spiro atoms. The Morgan fingerprint density at radius 1 is 1.16 bits per heavy atom. The zero-order valence-corrected chi connectivity index (χ0v) is 17.9. The van der Waals surface area contributed by atoms with E-state index in [1.54, 1.807) is 13.0 Å². The molecule has 1 aliphatic carbocycles. The zero-order valence-electron chi connectivity index (χ0n) is 17.1. The Balaban J connectivity index is 1.50. The minimum absolute atomic E-state index is 0.175. The molecular formula is C21H25FN4O4S. The second-order valence-electron chi connectivity index (χ2n) is 8.03. The van der Waals surface area contributed by atoms with E-state index in [-0.39, 0.29) is 19.0 Å².